The van der Waals surface area contributed by atoms with E-state index in [-0.39, 0.29) is 0 Å². The van der Waals surface area contributed by atoms with Gasteiger partial charge in [-0.05, 0) is 49.1 Å². The van der Waals surface area contributed by atoms with Crippen molar-refractivity contribution in [2.45, 2.75) is 19.3 Å². The molecule has 0 amide bonds. The van der Waals surface area contributed by atoms with Gasteiger partial charge in [-0.25, -0.2) is 0 Å². The fourth-order valence-electron chi connectivity index (χ4n) is 2.66. The van der Waals surface area contributed by atoms with Crippen LogP contribution in [0.5, 0.6) is 0 Å². The van der Waals surface area contributed by atoms with Crippen LogP contribution in [0, 0.1) is 0 Å². The maximum atomic E-state index is 3.51. The van der Waals surface area contributed by atoms with Gasteiger partial charge in [0.15, 0.2) is 0 Å². The Morgan fingerprint density at radius 3 is 2.35 bits per heavy atom. The summed E-state index contributed by atoms with van der Waals surface area (Å²) in [5.74, 6) is 0. The van der Waals surface area contributed by atoms with E-state index in [1.54, 1.807) is 0 Å². The summed E-state index contributed by atoms with van der Waals surface area (Å²) in [6.07, 6.45) is 6.05. The molecule has 0 aliphatic carbocycles. The molecule has 0 radical (unpaired) electrons. The summed E-state index contributed by atoms with van der Waals surface area (Å²) in [5, 5.41) is 0. The normalized spacial score (nSPS) is 15.7. The molecule has 3 rings (SSSR count). The summed E-state index contributed by atoms with van der Waals surface area (Å²) in [4.78, 5) is 2.44. The molecule has 2 aromatic carbocycles. The molecule has 1 aliphatic heterocycles. The molecule has 0 N–H and O–H groups in total. The number of rotatable bonds is 2. The first-order chi connectivity index (χ1) is 9.84. The van der Waals surface area contributed by atoms with E-state index in [0.717, 1.165) is 17.4 Å². The van der Waals surface area contributed by atoms with Gasteiger partial charge in [0.2, 0.25) is 0 Å². The highest BCUT2D eigenvalue weighted by Crippen LogP contribution is 2.30. The van der Waals surface area contributed by atoms with Crippen LogP contribution in [0.25, 0.3) is 5.70 Å². The fraction of sp³-hybridized carbons (Fsp3) is 0.222. The molecule has 0 saturated carbocycles. The number of hydrogen-bond donors (Lipinski definition) is 0. The van der Waals surface area contributed by atoms with E-state index in [1.165, 1.54) is 29.8 Å². The van der Waals surface area contributed by atoms with Gasteiger partial charge in [0.1, 0.15) is 0 Å². The smallest absolute Gasteiger partial charge is 0.0443 e. The summed E-state index contributed by atoms with van der Waals surface area (Å²) >= 11 is 3.51. The lowest BCUT2D eigenvalue weighted by Gasteiger charge is -2.27. The molecule has 0 fully saturated rings. The van der Waals surface area contributed by atoms with Crippen molar-refractivity contribution in [2.24, 2.45) is 0 Å². The number of allylic oxidation sites excluding steroid dienone is 1. The Bertz CT molecular complexity index is 587. The van der Waals surface area contributed by atoms with Crippen LogP contribution in [0.4, 0.5) is 5.69 Å². The second-order valence-electron chi connectivity index (χ2n) is 5.08. The van der Waals surface area contributed by atoms with Crippen LogP contribution >= 0.6 is 15.9 Å². The maximum absolute atomic E-state index is 3.51. The lowest BCUT2D eigenvalue weighted by molar-refractivity contribution is 0.766. The minimum absolute atomic E-state index is 1.09. The third kappa shape index (κ3) is 2.96. The molecule has 0 saturated heterocycles. The lowest BCUT2D eigenvalue weighted by atomic mass is 10.1. The monoisotopic (exact) mass is 327 g/mol. The van der Waals surface area contributed by atoms with Gasteiger partial charge >= 0.3 is 0 Å². The SMILES string of the molecule is Brc1ccc(N2CCCCC=C2c2ccccc2)cc1. The summed E-state index contributed by atoms with van der Waals surface area (Å²) in [6.45, 7) is 1.09. The molecule has 1 aliphatic rings. The molecule has 0 spiro atoms. The van der Waals surface area contributed by atoms with Crippen molar-refractivity contribution in [3.63, 3.8) is 0 Å². The molecule has 20 heavy (non-hydrogen) atoms. The molecule has 1 heterocycles. The van der Waals surface area contributed by atoms with Gasteiger partial charge < -0.3 is 4.90 Å². The van der Waals surface area contributed by atoms with Crippen LogP contribution in [-0.2, 0) is 0 Å². The Labute approximate surface area is 129 Å². The van der Waals surface area contributed by atoms with Crippen LogP contribution < -0.4 is 4.90 Å². The van der Waals surface area contributed by atoms with Crippen molar-refractivity contribution in [1.82, 2.24) is 0 Å². The predicted octanol–water partition coefficient (Wildman–Crippen LogP) is 5.48. The van der Waals surface area contributed by atoms with Crippen LogP contribution in [-0.4, -0.2) is 6.54 Å². The lowest BCUT2D eigenvalue weighted by Crippen LogP contribution is -2.21. The molecule has 0 aromatic heterocycles. The largest absolute Gasteiger partial charge is 0.341 e. The Morgan fingerprint density at radius 1 is 0.850 bits per heavy atom. The average molecular weight is 328 g/mol. The summed E-state index contributed by atoms with van der Waals surface area (Å²) < 4.78 is 1.13. The summed E-state index contributed by atoms with van der Waals surface area (Å²) in [5.41, 5.74) is 3.91. The van der Waals surface area contributed by atoms with E-state index in [4.69, 9.17) is 0 Å². The van der Waals surface area contributed by atoms with E-state index in [1.807, 2.05) is 0 Å². The van der Waals surface area contributed by atoms with E-state index >= 15 is 0 Å². The quantitative estimate of drug-likeness (QED) is 0.705. The first kappa shape index (κ1) is 13.4. The molecule has 0 atom stereocenters. The van der Waals surface area contributed by atoms with Crippen LogP contribution in [0.2, 0.25) is 0 Å². The maximum Gasteiger partial charge on any atom is 0.0443 e. The van der Waals surface area contributed by atoms with Crippen LogP contribution in [0.3, 0.4) is 0 Å². The topological polar surface area (TPSA) is 3.24 Å². The van der Waals surface area contributed by atoms with Gasteiger partial charge in [-0.2, -0.15) is 0 Å². The van der Waals surface area contributed by atoms with E-state index < -0.39 is 0 Å². The Hall–Kier alpha value is -1.54. The minimum atomic E-state index is 1.09. The van der Waals surface area contributed by atoms with Crippen molar-refractivity contribution >= 4 is 27.3 Å². The Morgan fingerprint density at radius 2 is 1.60 bits per heavy atom. The van der Waals surface area contributed by atoms with E-state index in [9.17, 15) is 0 Å². The zero-order valence-corrected chi connectivity index (χ0v) is 13.0. The molecular weight excluding hydrogens is 310 g/mol. The minimum Gasteiger partial charge on any atom is -0.341 e. The molecule has 2 aromatic rings. The van der Waals surface area contributed by atoms with Crippen molar-refractivity contribution in [3.8, 4) is 0 Å². The molecule has 1 nitrogen and oxygen atoms in total. The highest BCUT2D eigenvalue weighted by Gasteiger charge is 2.15. The third-order valence-electron chi connectivity index (χ3n) is 3.67. The van der Waals surface area contributed by atoms with E-state index in [2.05, 4.69) is 81.5 Å². The Balaban J connectivity index is 1.99. The van der Waals surface area contributed by atoms with Crippen molar-refractivity contribution in [3.05, 3.63) is 70.7 Å². The van der Waals surface area contributed by atoms with Crippen molar-refractivity contribution < 1.29 is 0 Å². The van der Waals surface area contributed by atoms with Crippen molar-refractivity contribution in [2.75, 3.05) is 11.4 Å². The number of nitrogens with zero attached hydrogens (tertiary/aromatic N) is 1. The zero-order valence-electron chi connectivity index (χ0n) is 11.4. The summed E-state index contributed by atoms with van der Waals surface area (Å²) in [7, 11) is 0. The number of anilines is 1. The molecular formula is C18H18BrN. The first-order valence-electron chi connectivity index (χ1n) is 7.13. The summed E-state index contributed by atoms with van der Waals surface area (Å²) in [6, 6.07) is 19.3. The van der Waals surface area contributed by atoms with Crippen LogP contribution in [0.15, 0.2) is 65.1 Å². The van der Waals surface area contributed by atoms with E-state index in [0.29, 0.717) is 0 Å². The second-order valence-corrected chi connectivity index (χ2v) is 5.99. The second kappa shape index (κ2) is 6.27. The number of hydrogen-bond acceptors (Lipinski definition) is 1. The zero-order chi connectivity index (χ0) is 13.8. The average Bonchev–Trinajstić information content (AvgIpc) is 2.75. The predicted molar refractivity (Wildman–Crippen MR) is 89.8 cm³/mol. The van der Waals surface area contributed by atoms with Gasteiger partial charge in [-0.3, -0.25) is 0 Å². The molecule has 2 heteroatoms. The number of benzene rings is 2. The molecule has 0 unspecified atom stereocenters. The van der Waals surface area contributed by atoms with Crippen molar-refractivity contribution in [1.29, 1.82) is 0 Å². The highest BCUT2D eigenvalue weighted by molar-refractivity contribution is 9.10. The van der Waals surface area contributed by atoms with Crippen LogP contribution in [0.1, 0.15) is 24.8 Å². The fourth-order valence-corrected chi connectivity index (χ4v) is 2.92. The van der Waals surface area contributed by atoms with Gasteiger partial charge in [-0.1, -0.05) is 52.3 Å². The third-order valence-corrected chi connectivity index (χ3v) is 4.20. The van der Waals surface area contributed by atoms with Gasteiger partial charge in [0.05, 0.1) is 0 Å². The molecule has 102 valence electrons. The Kier molecular flexibility index (Phi) is 4.22. The van der Waals surface area contributed by atoms with Gasteiger partial charge in [0, 0.05) is 22.4 Å². The standard InChI is InChI=1S/C18H18BrN/c19-16-10-12-17(13-11-16)20-14-6-2-5-9-18(20)15-7-3-1-4-8-15/h1,3-4,7-13H,2,5-6,14H2. The van der Waals surface area contributed by atoms with Gasteiger partial charge in [-0.15, -0.1) is 0 Å². The number of halogens is 1. The van der Waals surface area contributed by atoms with Gasteiger partial charge in [0.25, 0.3) is 0 Å². The highest BCUT2D eigenvalue weighted by atomic mass is 79.9. The first-order valence-corrected chi connectivity index (χ1v) is 7.92. The molecule has 0 bridgehead atoms.